The van der Waals surface area contributed by atoms with Crippen LogP contribution in [0.3, 0.4) is 0 Å². The third-order valence-electron chi connectivity index (χ3n) is 4.92. The van der Waals surface area contributed by atoms with E-state index in [1.54, 1.807) is 0 Å². The topological polar surface area (TPSA) is 90.9 Å². The van der Waals surface area contributed by atoms with E-state index >= 15 is 0 Å². The Labute approximate surface area is 159 Å². The molecule has 2 rings (SSSR count). The van der Waals surface area contributed by atoms with E-state index in [0.29, 0.717) is 11.6 Å². The zero-order chi connectivity index (χ0) is 18.9. The molecule has 26 heavy (non-hydrogen) atoms. The second-order valence-corrected chi connectivity index (χ2v) is 8.07. The van der Waals surface area contributed by atoms with Crippen molar-refractivity contribution in [3.63, 3.8) is 0 Å². The van der Waals surface area contributed by atoms with Crippen molar-refractivity contribution in [1.29, 1.82) is 0 Å². The highest BCUT2D eigenvalue weighted by Crippen LogP contribution is 2.24. The Morgan fingerprint density at radius 1 is 1.27 bits per heavy atom. The summed E-state index contributed by atoms with van der Waals surface area (Å²) in [4.78, 5) is 39.2. The van der Waals surface area contributed by atoms with Crippen LogP contribution < -0.4 is 10.7 Å². The molecule has 0 unspecified atom stereocenters. The van der Waals surface area contributed by atoms with Gasteiger partial charge in [0.25, 0.3) is 0 Å². The maximum Gasteiger partial charge on any atom is 0.309 e. The predicted molar refractivity (Wildman–Crippen MR) is 104 cm³/mol. The number of hydrazone groups is 1. The van der Waals surface area contributed by atoms with Crippen LogP contribution in [0.4, 0.5) is 0 Å². The van der Waals surface area contributed by atoms with E-state index in [9.17, 15) is 14.4 Å². The summed E-state index contributed by atoms with van der Waals surface area (Å²) >= 11 is 1.54. The lowest BCUT2D eigenvalue weighted by Crippen LogP contribution is -2.48. The van der Waals surface area contributed by atoms with Gasteiger partial charge in [0.15, 0.2) is 5.17 Å². The first kappa shape index (κ1) is 20.7. The monoisotopic (exact) mass is 382 g/mol. The molecule has 0 aromatic carbocycles. The second kappa shape index (κ2) is 10.5. The highest BCUT2D eigenvalue weighted by molar-refractivity contribution is 8.14. The number of Topliss-reactive ketones (excluding diaryl/α,β-unsaturated/α-hetero) is 1. The number of hydrogen-bond donors (Lipinski definition) is 2. The van der Waals surface area contributed by atoms with Crippen LogP contribution in [0.1, 0.15) is 58.3 Å². The molecule has 1 atom stereocenters. The van der Waals surface area contributed by atoms with Crippen LogP contribution in [-0.2, 0) is 14.4 Å². The van der Waals surface area contributed by atoms with E-state index in [2.05, 4.69) is 15.8 Å². The number of amidine groups is 1. The van der Waals surface area contributed by atoms with Gasteiger partial charge in [-0.05, 0) is 19.3 Å². The number of thioether (sulfide) groups is 1. The van der Waals surface area contributed by atoms with E-state index in [1.807, 2.05) is 18.9 Å². The van der Waals surface area contributed by atoms with Crippen LogP contribution in [0, 0.1) is 5.92 Å². The number of rotatable bonds is 8. The molecule has 0 aromatic rings. The van der Waals surface area contributed by atoms with Crippen LogP contribution in [0.5, 0.6) is 0 Å². The van der Waals surface area contributed by atoms with Crippen molar-refractivity contribution in [1.82, 2.24) is 15.6 Å². The lowest BCUT2D eigenvalue weighted by Gasteiger charge is -2.24. The molecule has 1 aliphatic carbocycles. The highest BCUT2D eigenvalue weighted by atomic mass is 32.2. The molecule has 2 aliphatic rings. The molecular formula is C18H30N4O3S. The lowest BCUT2D eigenvalue weighted by molar-refractivity contribution is -0.140. The standard InChI is InChI=1S/C18H30N4O3S/c1-3-4-10-14(19-16(24)13-8-6-5-7-9-13)15(23)17(25)20-21-18-22(2)11-12-26-18/h13-14H,3-12H2,1-2H3,(H,19,24)(H,20,25)/t14-/m0/s1. The fourth-order valence-electron chi connectivity index (χ4n) is 3.24. The minimum absolute atomic E-state index is 0.0347. The van der Waals surface area contributed by atoms with E-state index in [1.165, 1.54) is 11.8 Å². The summed E-state index contributed by atoms with van der Waals surface area (Å²) in [5.41, 5.74) is 2.35. The van der Waals surface area contributed by atoms with Gasteiger partial charge in [0.2, 0.25) is 11.7 Å². The van der Waals surface area contributed by atoms with Gasteiger partial charge in [-0.3, -0.25) is 14.4 Å². The average molecular weight is 383 g/mol. The lowest BCUT2D eigenvalue weighted by atomic mass is 9.88. The van der Waals surface area contributed by atoms with E-state index in [0.717, 1.165) is 57.2 Å². The summed E-state index contributed by atoms with van der Waals surface area (Å²) in [6, 6.07) is -0.765. The van der Waals surface area contributed by atoms with Gasteiger partial charge in [0.05, 0.1) is 6.04 Å². The van der Waals surface area contributed by atoms with Crippen LogP contribution in [0.25, 0.3) is 0 Å². The van der Waals surface area contributed by atoms with Crippen molar-refractivity contribution >= 4 is 34.5 Å². The first-order valence-corrected chi connectivity index (χ1v) is 10.6. The first-order valence-electron chi connectivity index (χ1n) is 9.59. The molecule has 7 nitrogen and oxygen atoms in total. The van der Waals surface area contributed by atoms with Gasteiger partial charge >= 0.3 is 5.91 Å². The molecule has 8 heteroatoms. The van der Waals surface area contributed by atoms with Crippen molar-refractivity contribution in [2.24, 2.45) is 11.0 Å². The Hall–Kier alpha value is -1.57. The summed E-state index contributed by atoms with van der Waals surface area (Å²) in [6.07, 6.45) is 7.15. The molecule has 0 aromatic heterocycles. The predicted octanol–water partition coefficient (Wildman–Crippen LogP) is 1.88. The molecule has 1 saturated heterocycles. The number of hydrogen-bond acceptors (Lipinski definition) is 5. The zero-order valence-corrected chi connectivity index (χ0v) is 16.6. The number of nitrogens with zero attached hydrogens (tertiary/aromatic N) is 2. The van der Waals surface area contributed by atoms with Crippen LogP contribution in [0.15, 0.2) is 5.10 Å². The molecule has 2 N–H and O–H groups in total. The smallest absolute Gasteiger partial charge is 0.309 e. The van der Waals surface area contributed by atoms with Gasteiger partial charge in [0.1, 0.15) is 0 Å². The summed E-state index contributed by atoms with van der Waals surface area (Å²) in [5, 5.41) is 7.55. The number of unbranched alkanes of at least 4 members (excludes halogenated alkanes) is 1. The fraction of sp³-hybridized carbons (Fsp3) is 0.778. The van der Waals surface area contributed by atoms with Crippen molar-refractivity contribution in [3.05, 3.63) is 0 Å². The Morgan fingerprint density at radius 2 is 2.00 bits per heavy atom. The molecule has 0 spiro atoms. The third kappa shape index (κ3) is 6.00. The molecule has 1 aliphatic heterocycles. The minimum atomic E-state index is -0.765. The quantitative estimate of drug-likeness (QED) is 0.494. The number of nitrogens with one attached hydrogen (secondary N) is 2. The van der Waals surface area contributed by atoms with Crippen LogP contribution in [-0.4, -0.2) is 53.1 Å². The Balaban J connectivity index is 1.93. The Bertz CT molecular complexity index is 547. The minimum Gasteiger partial charge on any atom is -0.352 e. The van der Waals surface area contributed by atoms with Crippen molar-refractivity contribution in [2.45, 2.75) is 64.3 Å². The van der Waals surface area contributed by atoms with Crippen molar-refractivity contribution in [3.8, 4) is 0 Å². The number of ketones is 1. The Morgan fingerprint density at radius 3 is 2.62 bits per heavy atom. The summed E-state index contributed by atoms with van der Waals surface area (Å²) in [6.45, 7) is 2.88. The molecule has 1 saturated carbocycles. The van der Waals surface area contributed by atoms with Gasteiger partial charge in [-0.1, -0.05) is 50.8 Å². The van der Waals surface area contributed by atoms with E-state index in [4.69, 9.17) is 0 Å². The molecule has 2 amide bonds. The molecule has 1 heterocycles. The van der Waals surface area contributed by atoms with Gasteiger partial charge in [-0.2, -0.15) is 0 Å². The zero-order valence-electron chi connectivity index (χ0n) is 15.8. The summed E-state index contributed by atoms with van der Waals surface area (Å²) in [5.74, 6) is -0.590. The third-order valence-corrected chi connectivity index (χ3v) is 5.96. The molecule has 0 radical (unpaired) electrons. The number of amides is 2. The van der Waals surface area contributed by atoms with E-state index < -0.39 is 17.7 Å². The first-order chi connectivity index (χ1) is 12.5. The second-order valence-electron chi connectivity index (χ2n) is 7.01. The van der Waals surface area contributed by atoms with Gasteiger partial charge < -0.3 is 10.2 Å². The van der Waals surface area contributed by atoms with Crippen molar-refractivity contribution < 1.29 is 14.4 Å². The molecule has 146 valence electrons. The SMILES string of the molecule is CCCC[C@H](NC(=O)C1CCCCC1)C(=O)C(=O)NN=C1SCCN1C. The number of carbonyl (C=O) groups is 3. The highest BCUT2D eigenvalue weighted by Gasteiger charge is 2.30. The van der Waals surface area contributed by atoms with Gasteiger partial charge in [0, 0.05) is 25.3 Å². The van der Waals surface area contributed by atoms with Gasteiger partial charge in [-0.25, -0.2) is 5.43 Å². The Kier molecular flexibility index (Phi) is 8.41. The average Bonchev–Trinajstić information content (AvgIpc) is 3.08. The maximum atomic E-state index is 12.5. The fourth-order valence-corrected chi connectivity index (χ4v) is 4.21. The van der Waals surface area contributed by atoms with Gasteiger partial charge in [-0.15, -0.1) is 5.10 Å². The van der Waals surface area contributed by atoms with Crippen LogP contribution >= 0.6 is 11.8 Å². The molecule has 0 bridgehead atoms. The number of carbonyl (C=O) groups excluding carboxylic acids is 3. The van der Waals surface area contributed by atoms with Crippen LogP contribution in [0.2, 0.25) is 0 Å². The van der Waals surface area contributed by atoms with E-state index in [-0.39, 0.29) is 11.8 Å². The summed E-state index contributed by atoms with van der Waals surface area (Å²) < 4.78 is 0. The van der Waals surface area contributed by atoms with Crippen molar-refractivity contribution in [2.75, 3.05) is 19.3 Å². The molecular weight excluding hydrogens is 352 g/mol. The normalized spacial score (nSPS) is 20.8. The largest absolute Gasteiger partial charge is 0.352 e. The molecule has 2 fully saturated rings. The maximum absolute atomic E-state index is 12.5. The summed E-state index contributed by atoms with van der Waals surface area (Å²) in [7, 11) is 1.89.